The Hall–Kier alpha value is -2.43. The normalized spacial score (nSPS) is 12.1. The minimum atomic E-state index is -0.338. The van der Waals surface area contributed by atoms with Crippen LogP contribution in [0.3, 0.4) is 0 Å². The minimum absolute atomic E-state index is 0.0160. The molecule has 1 unspecified atom stereocenters. The van der Waals surface area contributed by atoms with E-state index in [1.807, 2.05) is 62.4 Å². The first-order valence-electron chi connectivity index (χ1n) is 9.06. The number of hydrogen-bond donors (Lipinski definition) is 1. The summed E-state index contributed by atoms with van der Waals surface area (Å²) in [7, 11) is 0. The van der Waals surface area contributed by atoms with Gasteiger partial charge in [0.25, 0.3) is 0 Å². The molecule has 0 aliphatic heterocycles. The number of halogens is 1. The number of carbonyl (C=O) groups excluding carboxylic acids is 1. The van der Waals surface area contributed by atoms with Crippen molar-refractivity contribution in [2.75, 3.05) is 6.61 Å². The first-order chi connectivity index (χ1) is 13.0. The molecular weight excluding hydrogens is 360 g/mol. The van der Waals surface area contributed by atoms with Crippen LogP contribution in [-0.2, 0) is 11.3 Å². The van der Waals surface area contributed by atoms with E-state index in [-0.39, 0.29) is 12.0 Å². The third kappa shape index (κ3) is 4.12. The topological polar surface area (TPSA) is 51.2 Å². The molecule has 0 saturated heterocycles. The van der Waals surface area contributed by atoms with Gasteiger partial charge in [-0.2, -0.15) is 0 Å². The molecule has 0 aliphatic carbocycles. The van der Waals surface area contributed by atoms with Gasteiger partial charge in [0.2, 0.25) is 0 Å². The van der Waals surface area contributed by atoms with Gasteiger partial charge < -0.3 is 10.1 Å². The van der Waals surface area contributed by atoms with E-state index in [0.717, 1.165) is 22.0 Å². The Kier molecular flexibility index (Phi) is 6.09. The molecule has 4 nitrogen and oxygen atoms in total. The SMILES string of the molecule is CCOC(=O)c1c(CNC(C)c2ccccc2Cl)nc2ccccc2c1C. The fraction of sp³-hybridized carbons (Fsp3) is 0.273. The van der Waals surface area contributed by atoms with Crippen LogP contribution in [0.4, 0.5) is 0 Å². The fourth-order valence-electron chi connectivity index (χ4n) is 3.23. The summed E-state index contributed by atoms with van der Waals surface area (Å²) < 4.78 is 5.28. The van der Waals surface area contributed by atoms with Gasteiger partial charge in [0.05, 0.1) is 23.4 Å². The monoisotopic (exact) mass is 382 g/mol. The van der Waals surface area contributed by atoms with Crippen molar-refractivity contribution in [2.24, 2.45) is 0 Å². The van der Waals surface area contributed by atoms with Crippen LogP contribution in [-0.4, -0.2) is 17.6 Å². The summed E-state index contributed by atoms with van der Waals surface area (Å²) in [5.41, 5.74) is 3.99. The second kappa shape index (κ2) is 8.51. The number of hydrogen-bond acceptors (Lipinski definition) is 4. The number of ether oxygens (including phenoxy) is 1. The Morgan fingerprint density at radius 2 is 1.89 bits per heavy atom. The molecule has 0 saturated carbocycles. The number of carbonyl (C=O) groups is 1. The molecule has 140 valence electrons. The second-order valence-electron chi connectivity index (χ2n) is 6.42. The van der Waals surface area contributed by atoms with Crippen LogP contribution in [0.2, 0.25) is 5.02 Å². The molecular formula is C22H23ClN2O2. The summed E-state index contributed by atoms with van der Waals surface area (Å²) in [6.45, 7) is 6.55. The van der Waals surface area contributed by atoms with E-state index in [2.05, 4.69) is 5.32 Å². The first kappa shape index (κ1) is 19.3. The molecule has 1 atom stereocenters. The van der Waals surface area contributed by atoms with Crippen LogP contribution in [0.15, 0.2) is 48.5 Å². The maximum absolute atomic E-state index is 12.6. The lowest BCUT2D eigenvalue weighted by molar-refractivity contribution is 0.0523. The number of aryl methyl sites for hydroxylation is 1. The van der Waals surface area contributed by atoms with Gasteiger partial charge in [-0.25, -0.2) is 4.79 Å². The summed E-state index contributed by atoms with van der Waals surface area (Å²) in [6.07, 6.45) is 0. The molecule has 0 fully saturated rings. The standard InChI is InChI=1S/C22H23ClN2O2/c1-4-27-22(26)21-14(2)16-9-6-8-12-19(16)25-20(21)13-24-15(3)17-10-5-7-11-18(17)23/h5-12,15,24H,4,13H2,1-3H3. The van der Waals surface area contributed by atoms with Crippen molar-refractivity contribution < 1.29 is 9.53 Å². The number of pyridine rings is 1. The number of para-hydroxylation sites is 1. The van der Waals surface area contributed by atoms with Crippen molar-refractivity contribution in [3.05, 3.63) is 75.9 Å². The lowest BCUT2D eigenvalue weighted by atomic mass is 10.0. The zero-order valence-corrected chi connectivity index (χ0v) is 16.5. The maximum Gasteiger partial charge on any atom is 0.340 e. The number of rotatable bonds is 6. The lowest BCUT2D eigenvalue weighted by Crippen LogP contribution is -2.22. The minimum Gasteiger partial charge on any atom is -0.462 e. The molecule has 0 spiro atoms. The molecule has 3 rings (SSSR count). The zero-order valence-electron chi connectivity index (χ0n) is 15.8. The third-order valence-electron chi connectivity index (χ3n) is 4.65. The van der Waals surface area contributed by atoms with Crippen LogP contribution in [0.5, 0.6) is 0 Å². The van der Waals surface area contributed by atoms with Crippen molar-refractivity contribution >= 4 is 28.5 Å². The maximum atomic E-state index is 12.6. The first-order valence-corrected chi connectivity index (χ1v) is 9.43. The highest BCUT2D eigenvalue weighted by atomic mass is 35.5. The second-order valence-corrected chi connectivity index (χ2v) is 6.83. The zero-order chi connectivity index (χ0) is 19.4. The van der Waals surface area contributed by atoms with Crippen molar-refractivity contribution in [1.29, 1.82) is 0 Å². The van der Waals surface area contributed by atoms with Crippen LogP contribution in [0, 0.1) is 6.92 Å². The Morgan fingerprint density at radius 3 is 2.63 bits per heavy atom. The van der Waals surface area contributed by atoms with Crippen LogP contribution in [0.1, 0.15) is 47.1 Å². The number of nitrogens with zero attached hydrogens (tertiary/aromatic N) is 1. The van der Waals surface area contributed by atoms with Gasteiger partial charge in [0, 0.05) is 23.0 Å². The molecule has 0 radical (unpaired) electrons. The fourth-order valence-corrected chi connectivity index (χ4v) is 3.53. The van der Waals surface area contributed by atoms with Crippen molar-refractivity contribution in [1.82, 2.24) is 10.3 Å². The van der Waals surface area contributed by atoms with Crippen LogP contribution in [0.25, 0.3) is 10.9 Å². The number of aromatic nitrogens is 1. The predicted molar refractivity (Wildman–Crippen MR) is 109 cm³/mol. The van der Waals surface area contributed by atoms with Gasteiger partial charge in [-0.1, -0.05) is 48.0 Å². The van der Waals surface area contributed by atoms with E-state index in [9.17, 15) is 4.79 Å². The average molecular weight is 383 g/mol. The quantitative estimate of drug-likeness (QED) is 0.593. The van der Waals surface area contributed by atoms with Gasteiger partial charge in [-0.3, -0.25) is 4.98 Å². The molecule has 2 aromatic carbocycles. The van der Waals surface area contributed by atoms with Crippen LogP contribution >= 0.6 is 11.6 Å². The van der Waals surface area contributed by atoms with Crippen LogP contribution < -0.4 is 5.32 Å². The van der Waals surface area contributed by atoms with Crippen molar-refractivity contribution in [2.45, 2.75) is 33.4 Å². The number of fused-ring (bicyclic) bond motifs is 1. The van der Waals surface area contributed by atoms with Gasteiger partial charge in [0.15, 0.2) is 0 Å². The molecule has 0 bridgehead atoms. The summed E-state index contributed by atoms with van der Waals surface area (Å²) >= 11 is 6.30. The smallest absolute Gasteiger partial charge is 0.340 e. The Balaban J connectivity index is 1.96. The Labute approximate surface area is 164 Å². The van der Waals surface area contributed by atoms with E-state index in [0.29, 0.717) is 29.4 Å². The molecule has 5 heteroatoms. The third-order valence-corrected chi connectivity index (χ3v) is 5.00. The van der Waals surface area contributed by atoms with E-state index in [1.165, 1.54) is 0 Å². The molecule has 3 aromatic rings. The highest BCUT2D eigenvalue weighted by Crippen LogP contribution is 2.26. The largest absolute Gasteiger partial charge is 0.462 e. The van der Waals surface area contributed by atoms with Gasteiger partial charge in [0.1, 0.15) is 0 Å². The van der Waals surface area contributed by atoms with Crippen molar-refractivity contribution in [3.8, 4) is 0 Å². The van der Waals surface area contributed by atoms with Crippen molar-refractivity contribution in [3.63, 3.8) is 0 Å². The molecule has 1 heterocycles. The van der Waals surface area contributed by atoms with E-state index in [4.69, 9.17) is 21.3 Å². The molecule has 1 N–H and O–H groups in total. The number of nitrogens with one attached hydrogen (secondary N) is 1. The van der Waals surface area contributed by atoms with Gasteiger partial charge in [-0.15, -0.1) is 0 Å². The van der Waals surface area contributed by atoms with E-state index < -0.39 is 0 Å². The Bertz CT molecular complexity index is 972. The highest BCUT2D eigenvalue weighted by molar-refractivity contribution is 6.31. The number of esters is 1. The lowest BCUT2D eigenvalue weighted by Gasteiger charge is -2.18. The van der Waals surface area contributed by atoms with Gasteiger partial charge >= 0.3 is 5.97 Å². The predicted octanol–water partition coefficient (Wildman–Crippen LogP) is 5.22. The van der Waals surface area contributed by atoms with E-state index in [1.54, 1.807) is 6.92 Å². The van der Waals surface area contributed by atoms with E-state index >= 15 is 0 Å². The molecule has 0 aliphatic rings. The summed E-state index contributed by atoms with van der Waals surface area (Å²) in [5.74, 6) is -0.338. The summed E-state index contributed by atoms with van der Waals surface area (Å²) in [6, 6.07) is 15.6. The summed E-state index contributed by atoms with van der Waals surface area (Å²) in [5, 5.41) is 5.11. The summed E-state index contributed by atoms with van der Waals surface area (Å²) in [4.78, 5) is 17.3. The molecule has 0 amide bonds. The number of benzene rings is 2. The molecule has 1 aromatic heterocycles. The molecule has 27 heavy (non-hydrogen) atoms. The Morgan fingerprint density at radius 1 is 1.19 bits per heavy atom. The van der Waals surface area contributed by atoms with Gasteiger partial charge in [-0.05, 0) is 44.0 Å². The highest BCUT2D eigenvalue weighted by Gasteiger charge is 2.20. The average Bonchev–Trinajstić information content (AvgIpc) is 2.66.